The van der Waals surface area contributed by atoms with Gasteiger partial charge in [-0.05, 0) is 26.1 Å². The van der Waals surface area contributed by atoms with Crippen LogP contribution in [0, 0.1) is 0 Å². The molecule has 2 aromatic heterocycles. The molecule has 19 heavy (non-hydrogen) atoms. The predicted molar refractivity (Wildman–Crippen MR) is 75.0 cm³/mol. The third-order valence-corrected chi connectivity index (χ3v) is 2.98. The topological polar surface area (TPSA) is 75.7 Å². The lowest BCUT2D eigenvalue weighted by Crippen LogP contribution is -2.34. The first-order valence-electron chi connectivity index (χ1n) is 6.31. The second-order valence-corrected chi connectivity index (χ2v) is 4.32. The summed E-state index contributed by atoms with van der Waals surface area (Å²) in [5.41, 5.74) is 7.19. The predicted octanol–water partition coefficient (Wildman–Crippen LogP) is 0.365. The molecule has 2 heterocycles. The van der Waals surface area contributed by atoms with Crippen LogP contribution in [0.4, 0.5) is 5.82 Å². The fourth-order valence-electron chi connectivity index (χ4n) is 2.14. The number of pyridine rings is 1. The lowest BCUT2D eigenvalue weighted by Gasteiger charge is -2.20. The first-order chi connectivity index (χ1) is 9.17. The number of anilines is 1. The number of carbonyl (C=O) groups is 1. The highest BCUT2D eigenvalue weighted by atomic mass is 16.1. The minimum Gasteiger partial charge on any atom is -0.368 e. The molecule has 0 atom stereocenters. The average Bonchev–Trinajstić information content (AvgIpc) is 2.75. The van der Waals surface area contributed by atoms with Crippen LogP contribution in [0.3, 0.4) is 0 Å². The van der Waals surface area contributed by atoms with Gasteiger partial charge in [0.05, 0.1) is 12.2 Å². The molecule has 6 nitrogen and oxygen atoms in total. The van der Waals surface area contributed by atoms with Crippen LogP contribution < -0.4 is 16.0 Å². The Bertz CT molecular complexity index is 577. The smallest absolute Gasteiger partial charge is 0.236 e. The molecular weight excluding hydrogens is 242 g/mol. The number of rotatable bonds is 6. The molecular formula is C13H19N5O. The number of nitrogens with zero attached hydrogens (tertiary/aromatic N) is 3. The van der Waals surface area contributed by atoms with Gasteiger partial charge in [0.1, 0.15) is 5.65 Å². The van der Waals surface area contributed by atoms with Gasteiger partial charge in [0.15, 0.2) is 5.82 Å². The van der Waals surface area contributed by atoms with Crippen LogP contribution in [-0.4, -0.2) is 35.4 Å². The Balaban J connectivity index is 2.50. The largest absolute Gasteiger partial charge is 0.368 e. The van der Waals surface area contributed by atoms with Crippen molar-refractivity contribution in [2.24, 2.45) is 5.73 Å². The maximum Gasteiger partial charge on any atom is 0.236 e. The van der Waals surface area contributed by atoms with E-state index < -0.39 is 0 Å². The lowest BCUT2D eigenvalue weighted by atomic mass is 10.3. The zero-order valence-electron chi connectivity index (χ0n) is 11.3. The summed E-state index contributed by atoms with van der Waals surface area (Å²) < 4.78 is 2.02. The summed E-state index contributed by atoms with van der Waals surface area (Å²) in [6.07, 6.45) is 1.97. The molecule has 6 heteroatoms. The SMILES string of the molecule is CCN(CC(N)=O)c1nc2ccccn2c1CNC. The van der Waals surface area contributed by atoms with Gasteiger partial charge in [-0.25, -0.2) is 4.98 Å². The van der Waals surface area contributed by atoms with E-state index in [1.54, 1.807) is 0 Å². The van der Waals surface area contributed by atoms with Crippen molar-refractivity contribution in [1.29, 1.82) is 0 Å². The number of aromatic nitrogens is 2. The lowest BCUT2D eigenvalue weighted by molar-refractivity contribution is -0.116. The summed E-state index contributed by atoms with van der Waals surface area (Å²) in [4.78, 5) is 17.6. The van der Waals surface area contributed by atoms with Crippen molar-refractivity contribution in [3.8, 4) is 0 Å². The molecule has 0 spiro atoms. The second kappa shape index (κ2) is 5.71. The maximum absolute atomic E-state index is 11.2. The summed E-state index contributed by atoms with van der Waals surface area (Å²) >= 11 is 0. The molecule has 0 saturated carbocycles. The van der Waals surface area contributed by atoms with Gasteiger partial charge in [0, 0.05) is 19.3 Å². The Morgan fingerprint density at radius 1 is 1.53 bits per heavy atom. The normalized spacial score (nSPS) is 10.8. The summed E-state index contributed by atoms with van der Waals surface area (Å²) in [7, 11) is 1.89. The Morgan fingerprint density at radius 2 is 2.32 bits per heavy atom. The van der Waals surface area contributed by atoms with Crippen LogP contribution in [0.5, 0.6) is 0 Å². The van der Waals surface area contributed by atoms with Gasteiger partial charge in [-0.2, -0.15) is 0 Å². The van der Waals surface area contributed by atoms with Gasteiger partial charge >= 0.3 is 0 Å². The number of carbonyl (C=O) groups excluding carboxylic acids is 1. The van der Waals surface area contributed by atoms with E-state index in [9.17, 15) is 4.79 Å². The monoisotopic (exact) mass is 261 g/mol. The van der Waals surface area contributed by atoms with Crippen LogP contribution in [-0.2, 0) is 11.3 Å². The highest BCUT2D eigenvalue weighted by Gasteiger charge is 2.17. The van der Waals surface area contributed by atoms with Crippen molar-refractivity contribution >= 4 is 17.4 Å². The fraction of sp³-hybridized carbons (Fsp3) is 0.385. The van der Waals surface area contributed by atoms with Gasteiger partial charge < -0.3 is 20.4 Å². The van der Waals surface area contributed by atoms with Gasteiger partial charge in [0.25, 0.3) is 0 Å². The van der Waals surface area contributed by atoms with Crippen molar-refractivity contribution < 1.29 is 4.79 Å². The first kappa shape index (κ1) is 13.4. The number of amides is 1. The number of primary amides is 1. The molecule has 3 N–H and O–H groups in total. The molecule has 102 valence electrons. The molecule has 1 amide bonds. The third kappa shape index (κ3) is 2.68. The van der Waals surface area contributed by atoms with E-state index in [0.717, 1.165) is 17.2 Å². The number of hydrogen-bond donors (Lipinski definition) is 2. The van der Waals surface area contributed by atoms with Gasteiger partial charge in [-0.15, -0.1) is 0 Å². The number of imidazole rings is 1. The molecule has 0 aromatic carbocycles. The third-order valence-electron chi connectivity index (χ3n) is 2.98. The molecule has 0 bridgehead atoms. The van der Waals surface area contributed by atoms with E-state index in [2.05, 4.69) is 10.3 Å². The number of fused-ring (bicyclic) bond motifs is 1. The summed E-state index contributed by atoms with van der Waals surface area (Å²) in [5.74, 6) is 0.455. The van der Waals surface area contributed by atoms with Crippen molar-refractivity contribution in [3.05, 3.63) is 30.1 Å². The zero-order valence-corrected chi connectivity index (χ0v) is 11.3. The number of nitrogens with two attached hydrogens (primary N) is 1. The number of nitrogens with one attached hydrogen (secondary N) is 1. The standard InChI is InChI=1S/C13H19N5O/c1-3-17(9-11(14)19)13-10(8-15-2)18-7-5-4-6-12(18)16-13/h4-7,15H,3,8-9H2,1-2H3,(H2,14,19). The highest BCUT2D eigenvalue weighted by molar-refractivity contribution is 5.79. The van der Waals surface area contributed by atoms with E-state index in [4.69, 9.17) is 5.73 Å². The quantitative estimate of drug-likeness (QED) is 0.787. The van der Waals surface area contributed by atoms with E-state index in [1.807, 2.05) is 47.7 Å². The second-order valence-electron chi connectivity index (χ2n) is 4.32. The number of likely N-dealkylation sites (N-methyl/N-ethyl adjacent to an activating group) is 1. The fourth-order valence-corrected chi connectivity index (χ4v) is 2.14. The van der Waals surface area contributed by atoms with Crippen molar-refractivity contribution in [2.45, 2.75) is 13.5 Å². The van der Waals surface area contributed by atoms with Crippen LogP contribution in [0.15, 0.2) is 24.4 Å². The van der Waals surface area contributed by atoms with E-state index in [0.29, 0.717) is 13.1 Å². The van der Waals surface area contributed by atoms with Crippen LogP contribution in [0.2, 0.25) is 0 Å². The Hall–Kier alpha value is -2.08. The molecule has 0 aliphatic rings. The van der Waals surface area contributed by atoms with E-state index >= 15 is 0 Å². The number of hydrogen-bond acceptors (Lipinski definition) is 4. The summed E-state index contributed by atoms with van der Waals surface area (Å²) in [6, 6.07) is 5.85. The zero-order chi connectivity index (χ0) is 13.8. The molecule has 0 fully saturated rings. The minimum absolute atomic E-state index is 0.178. The minimum atomic E-state index is -0.352. The molecule has 0 aliphatic carbocycles. The summed E-state index contributed by atoms with van der Waals surface area (Å²) in [6.45, 7) is 3.52. The molecule has 2 aromatic rings. The molecule has 0 unspecified atom stereocenters. The van der Waals surface area contributed by atoms with Crippen LogP contribution >= 0.6 is 0 Å². The van der Waals surface area contributed by atoms with Gasteiger partial charge in [-0.1, -0.05) is 6.07 Å². The van der Waals surface area contributed by atoms with Gasteiger partial charge in [-0.3, -0.25) is 4.79 Å². The van der Waals surface area contributed by atoms with E-state index in [-0.39, 0.29) is 12.5 Å². The highest BCUT2D eigenvalue weighted by Crippen LogP contribution is 2.21. The van der Waals surface area contributed by atoms with Crippen molar-refractivity contribution in [3.63, 3.8) is 0 Å². The van der Waals surface area contributed by atoms with Crippen LogP contribution in [0.1, 0.15) is 12.6 Å². The molecule has 0 aliphatic heterocycles. The maximum atomic E-state index is 11.2. The van der Waals surface area contributed by atoms with Gasteiger partial charge in [0.2, 0.25) is 5.91 Å². The van der Waals surface area contributed by atoms with Crippen LogP contribution in [0.25, 0.3) is 5.65 Å². The molecule has 2 rings (SSSR count). The molecule has 0 saturated heterocycles. The average molecular weight is 261 g/mol. The Morgan fingerprint density at radius 3 is 2.95 bits per heavy atom. The van der Waals surface area contributed by atoms with Crippen molar-refractivity contribution in [2.75, 3.05) is 25.0 Å². The Labute approximate surface area is 112 Å². The van der Waals surface area contributed by atoms with Crippen molar-refractivity contribution in [1.82, 2.24) is 14.7 Å². The first-order valence-corrected chi connectivity index (χ1v) is 6.31. The van der Waals surface area contributed by atoms with E-state index in [1.165, 1.54) is 0 Å². The Kier molecular flexibility index (Phi) is 4.01. The summed E-state index contributed by atoms with van der Waals surface area (Å²) in [5, 5.41) is 3.13. The molecule has 0 radical (unpaired) electrons.